The molecule has 2 aromatic rings. The van der Waals surface area contributed by atoms with Crippen LogP contribution >= 0.6 is 11.3 Å². The third kappa shape index (κ3) is 3.13. The second-order valence-corrected chi connectivity index (χ2v) is 4.12. The summed E-state index contributed by atoms with van der Waals surface area (Å²) in [6.45, 7) is -0.195. The number of hydrogen-bond acceptors (Lipinski definition) is 5. The Labute approximate surface area is 108 Å². The number of thiophene rings is 1. The van der Waals surface area contributed by atoms with Gasteiger partial charge in [-0.2, -0.15) is 0 Å². The van der Waals surface area contributed by atoms with Crippen molar-refractivity contribution in [3.63, 3.8) is 0 Å². The molecule has 0 aromatic carbocycles. The van der Waals surface area contributed by atoms with Crippen LogP contribution in [-0.2, 0) is 0 Å². The first kappa shape index (κ1) is 12.2. The number of aliphatic hydroxyl groups excluding tert-OH is 1. The first-order valence-electron chi connectivity index (χ1n) is 5.05. The Morgan fingerprint density at radius 3 is 3.11 bits per heavy atom. The summed E-state index contributed by atoms with van der Waals surface area (Å²) >= 11 is 1.35. The van der Waals surface area contributed by atoms with Crippen LogP contribution in [-0.4, -0.2) is 27.6 Å². The topological polar surface area (TPSA) is 75.1 Å². The molecule has 5 nitrogen and oxygen atoms in total. The van der Waals surface area contributed by atoms with Crippen molar-refractivity contribution >= 4 is 23.1 Å². The highest BCUT2D eigenvalue weighted by atomic mass is 32.1. The molecule has 0 saturated carbocycles. The van der Waals surface area contributed by atoms with Gasteiger partial charge < -0.3 is 10.4 Å². The Morgan fingerprint density at radius 2 is 2.39 bits per heavy atom. The molecule has 18 heavy (non-hydrogen) atoms. The third-order valence-corrected chi connectivity index (χ3v) is 2.80. The lowest BCUT2D eigenvalue weighted by Gasteiger charge is -2.00. The fourth-order valence-electron chi connectivity index (χ4n) is 1.20. The van der Waals surface area contributed by atoms with E-state index in [2.05, 4.69) is 27.1 Å². The fourth-order valence-corrected chi connectivity index (χ4v) is 1.95. The van der Waals surface area contributed by atoms with E-state index in [9.17, 15) is 4.79 Å². The van der Waals surface area contributed by atoms with E-state index < -0.39 is 0 Å². The number of rotatable bonds is 2. The van der Waals surface area contributed by atoms with Crippen molar-refractivity contribution in [2.75, 3.05) is 11.9 Å². The minimum atomic E-state index is -0.260. The van der Waals surface area contributed by atoms with Gasteiger partial charge >= 0.3 is 0 Å². The van der Waals surface area contributed by atoms with Gasteiger partial charge in [0.15, 0.2) is 5.82 Å². The number of carbonyl (C=O) groups is 1. The lowest BCUT2D eigenvalue weighted by atomic mass is 10.3. The summed E-state index contributed by atoms with van der Waals surface area (Å²) in [5.41, 5.74) is 0.507. The fraction of sp³-hybridized carbons (Fsp3) is 0.0833. The van der Waals surface area contributed by atoms with E-state index in [-0.39, 0.29) is 12.5 Å². The molecule has 2 N–H and O–H groups in total. The summed E-state index contributed by atoms with van der Waals surface area (Å²) < 4.78 is 0. The minimum Gasteiger partial charge on any atom is -0.384 e. The Morgan fingerprint density at radius 1 is 1.50 bits per heavy atom. The number of hydrogen-bond donors (Lipinski definition) is 2. The minimum absolute atomic E-state index is 0.195. The molecule has 0 spiro atoms. The molecular formula is C12H9N3O2S. The van der Waals surface area contributed by atoms with Gasteiger partial charge in [-0.1, -0.05) is 11.8 Å². The smallest absolute Gasteiger partial charge is 0.257 e. The van der Waals surface area contributed by atoms with E-state index in [1.165, 1.54) is 29.9 Å². The van der Waals surface area contributed by atoms with Crippen molar-refractivity contribution in [1.82, 2.24) is 9.97 Å². The van der Waals surface area contributed by atoms with Gasteiger partial charge in [0, 0.05) is 17.8 Å². The van der Waals surface area contributed by atoms with Gasteiger partial charge in [0.05, 0.1) is 16.6 Å². The Hall–Kier alpha value is -2.23. The summed E-state index contributed by atoms with van der Waals surface area (Å²) in [6, 6.07) is 1.67. The molecule has 1 amide bonds. The maximum absolute atomic E-state index is 11.8. The van der Waals surface area contributed by atoms with Crippen molar-refractivity contribution in [2.24, 2.45) is 0 Å². The van der Waals surface area contributed by atoms with Crippen molar-refractivity contribution in [2.45, 2.75) is 0 Å². The van der Waals surface area contributed by atoms with E-state index >= 15 is 0 Å². The first-order chi connectivity index (χ1) is 8.79. The van der Waals surface area contributed by atoms with E-state index in [4.69, 9.17) is 5.11 Å². The second kappa shape index (κ2) is 5.91. The molecule has 0 radical (unpaired) electrons. The molecule has 0 saturated heterocycles. The highest BCUT2D eigenvalue weighted by Crippen LogP contribution is 2.14. The number of nitrogens with one attached hydrogen (secondary N) is 1. The van der Waals surface area contributed by atoms with Crippen LogP contribution in [0.5, 0.6) is 0 Å². The summed E-state index contributed by atoms with van der Waals surface area (Å²) in [5.74, 6) is 5.41. The zero-order chi connectivity index (χ0) is 12.8. The number of aliphatic hydroxyl groups is 1. The SMILES string of the molecule is O=C(Nc1cnccn1)c1csc(C#CCO)c1. The Bertz CT molecular complexity index is 599. The van der Waals surface area contributed by atoms with E-state index in [0.717, 1.165) is 4.88 Å². The Kier molecular flexibility index (Phi) is 4.02. The molecule has 0 aliphatic carbocycles. The van der Waals surface area contributed by atoms with Crippen LogP contribution in [0.2, 0.25) is 0 Å². The number of amides is 1. The summed E-state index contributed by atoms with van der Waals surface area (Å²) in [7, 11) is 0. The largest absolute Gasteiger partial charge is 0.384 e. The molecule has 2 rings (SSSR count). The summed E-state index contributed by atoms with van der Waals surface area (Å²) in [4.78, 5) is 20.4. The number of anilines is 1. The average molecular weight is 259 g/mol. The Balaban J connectivity index is 2.08. The van der Waals surface area contributed by atoms with Crippen LogP contribution < -0.4 is 5.32 Å². The van der Waals surface area contributed by atoms with Crippen LogP contribution in [0.25, 0.3) is 0 Å². The van der Waals surface area contributed by atoms with E-state index in [1.54, 1.807) is 11.4 Å². The normalized spacial score (nSPS) is 9.39. The predicted octanol–water partition coefficient (Wildman–Crippen LogP) is 1.13. The maximum atomic E-state index is 11.8. The van der Waals surface area contributed by atoms with Gasteiger partial charge in [-0.15, -0.1) is 11.3 Å². The van der Waals surface area contributed by atoms with Gasteiger partial charge in [0.2, 0.25) is 0 Å². The molecule has 6 heteroatoms. The molecule has 2 heterocycles. The van der Waals surface area contributed by atoms with Crippen molar-refractivity contribution < 1.29 is 9.90 Å². The van der Waals surface area contributed by atoms with Crippen molar-refractivity contribution in [3.8, 4) is 11.8 Å². The number of nitrogens with zero attached hydrogens (tertiary/aromatic N) is 2. The van der Waals surface area contributed by atoms with Crippen molar-refractivity contribution in [3.05, 3.63) is 40.5 Å². The molecule has 90 valence electrons. The van der Waals surface area contributed by atoms with Crippen LogP contribution in [0, 0.1) is 11.8 Å². The standard InChI is InChI=1S/C12H9N3O2S/c16-5-1-2-10-6-9(8-18-10)12(17)15-11-7-13-3-4-14-11/h3-4,6-8,16H,5H2,(H,14,15,17). The van der Waals surface area contributed by atoms with Crippen LogP contribution in [0.4, 0.5) is 5.82 Å². The number of carbonyl (C=O) groups excluding carboxylic acids is 1. The molecule has 0 fully saturated rings. The quantitative estimate of drug-likeness (QED) is 0.793. The summed E-state index contributed by atoms with van der Waals surface area (Å²) in [5, 5.41) is 12.9. The highest BCUT2D eigenvalue weighted by molar-refractivity contribution is 7.10. The summed E-state index contributed by atoms with van der Waals surface area (Å²) in [6.07, 6.45) is 4.50. The van der Waals surface area contributed by atoms with Crippen LogP contribution in [0.1, 0.15) is 15.2 Å². The molecule has 0 bridgehead atoms. The average Bonchev–Trinajstić information content (AvgIpc) is 2.86. The van der Waals surface area contributed by atoms with Gasteiger partial charge in [-0.25, -0.2) is 4.98 Å². The predicted molar refractivity (Wildman–Crippen MR) is 68.3 cm³/mol. The lowest BCUT2D eigenvalue weighted by molar-refractivity contribution is 0.102. The zero-order valence-corrected chi connectivity index (χ0v) is 10.1. The van der Waals surface area contributed by atoms with Gasteiger partial charge in [-0.3, -0.25) is 9.78 Å². The highest BCUT2D eigenvalue weighted by Gasteiger charge is 2.08. The van der Waals surface area contributed by atoms with Gasteiger partial charge in [0.25, 0.3) is 5.91 Å². The van der Waals surface area contributed by atoms with Crippen molar-refractivity contribution in [1.29, 1.82) is 0 Å². The molecule has 0 aliphatic heterocycles. The van der Waals surface area contributed by atoms with E-state index in [1.807, 2.05) is 0 Å². The first-order valence-corrected chi connectivity index (χ1v) is 5.93. The molecule has 2 aromatic heterocycles. The zero-order valence-electron chi connectivity index (χ0n) is 9.25. The molecule has 0 atom stereocenters. The van der Waals surface area contributed by atoms with Gasteiger partial charge in [0.1, 0.15) is 6.61 Å². The second-order valence-electron chi connectivity index (χ2n) is 3.20. The molecule has 0 unspecified atom stereocenters. The van der Waals surface area contributed by atoms with Crippen LogP contribution in [0.15, 0.2) is 30.0 Å². The third-order valence-electron chi connectivity index (χ3n) is 1.96. The van der Waals surface area contributed by atoms with E-state index in [0.29, 0.717) is 11.4 Å². The monoisotopic (exact) mass is 259 g/mol. The number of aromatic nitrogens is 2. The molecular weight excluding hydrogens is 250 g/mol. The molecule has 0 aliphatic rings. The van der Waals surface area contributed by atoms with Crippen LogP contribution in [0.3, 0.4) is 0 Å². The maximum Gasteiger partial charge on any atom is 0.257 e. The van der Waals surface area contributed by atoms with Gasteiger partial charge in [-0.05, 0) is 6.07 Å². The lowest BCUT2D eigenvalue weighted by Crippen LogP contribution is -2.11.